The lowest BCUT2D eigenvalue weighted by atomic mass is 10.0. The molecule has 1 N–H and O–H groups in total. The Hall–Kier alpha value is -2.86. The van der Waals surface area contributed by atoms with E-state index < -0.39 is 0 Å². The number of imidazole rings is 1. The summed E-state index contributed by atoms with van der Waals surface area (Å²) >= 11 is 12.2. The van der Waals surface area contributed by atoms with Gasteiger partial charge in [-0.1, -0.05) is 53.9 Å². The molecular weight excluding hydrogens is 443 g/mol. The zero-order valence-electron chi connectivity index (χ0n) is 17.4. The number of piperidine rings is 1. The van der Waals surface area contributed by atoms with E-state index in [0.717, 1.165) is 48.4 Å². The molecule has 162 valence electrons. The molecule has 0 unspecified atom stereocenters. The Morgan fingerprint density at radius 2 is 1.47 bits per heavy atom. The summed E-state index contributed by atoms with van der Waals surface area (Å²) in [6, 6.07) is 18.9. The summed E-state index contributed by atoms with van der Waals surface area (Å²) < 4.78 is 1.97. The molecule has 1 amide bonds. The zero-order valence-corrected chi connectivity index (χ0v) is 18.9. The van der Waals surface area contributed by atoms with E-state index in [9.17, 15) is 4.79 Å². The Kier molecular flexibility index (Phi) is 5.87. The lowest BCUT2D eigenvalue weighted by Gasteiger charge is -2.26. The monoisotopic (exact) mass is 464 g/mol. The SMILES string of the molecule is O=C(NN1CCCCC1)c1cccn2c(-c3ccc(Cl)cc3)c(-c3ccc(Cl)cc3)nc12. The van der Waals surface area contributed by atoms with E-state index in [0.29, 0.717) is 21.3 Å². The first-order valence-corrected chi connectivity index (χ1v) is 11.4. The maximum atomic E-state index is 13.2. The summed E-state index contributed by atoms with van der Waals surface area (Å²) in [5.74, 6) is -0.146. The quantitative estimate of drug-likeness (QED) is 0.396. The predicted molar refractivity (Wildman–Crippen MR) is 129 cm³/mol. The normalized spacial score (nSPS) is 14.6. The van der Waals surface area contributed by atoms with Gasteiger partial charge in [-0.2, -0.15) is 0 Å². The lowest BCUT2D eigenvalue weighted by Crippen LogP contribution is -2.45. The second-order valence-electron chi connectivity index (χ2n) is 7.93. The van der Waals surface area contributed by atoms with Crippen molar-refractivity contribution in [3.8, 4) is 22.5 Å². The average molecular weight is 465 g/mol. The topological polar surface area (TPSA) is 49.6 Å². The Morgan fingerprint density at radius 3 is 2.12 bits per heavy atom. The molecule has 1 fully saturated rings. The molecule has 0 radical (unpaired) electrons. The van der Waals surface area contributed by atoms with Gasteiger partial charge in [0.05, 0.1) is 17.0 Å². The van der Waals surface area contributed by atoms with Gasteiger partial charge in [0.25, 0.3) is 5.91 Å². The fraction of sp³-hybridized carbons (Fsp3) is 0.200. The molecule has 0 aliphatic carbocycles. The van der Waals surface area contributed by atoms with Crippen LogP contribution < -0.4 is 5.43 Å². The van der Waals surface area contributed by atoms with Crippen molar-refractivity contribution >= 4 is 34.8 Å². The summed E-state index contributed by atoms with van der Waals surface area (Å²) in [7, 11) is 0. The number of nitrogens with zero attached hydrogens (tertiary/aromatic N) is 3. The van der Waals surface area contributed by atoms with Gasteiger partial charge >= 0.3 is 0 Å². The predicted octanol–water partition coefficient (Wildman–Crippen LogP) is 6.11. The number of carbonyl (C=O) groups excluding carboxylic acids is 1. The summed E-state index contributed by atoms with van der Waals surface area (Å²) in [5.41, 5.74) is 7.76. The molecule has 4 aromatic rings. The van der Waals surface area contributed by atoms with Crippen LogP contribution in [0.1, 0.15) is 29.6 Å². The molecule has 7 heteroatoms. The summed E-state index contributed by atoms with van der Waals surface area (Å²) in [5, 5.41) is 3.32. The van der Waals surface area contributed by atoms with Gasteiger partial charge < -0.3 is 0 Å². The largest absolute Gasteiger partial charge is 0.298 e. The van der Waals surface area contributed by atoms with Gasteiger partial charge in [-0.15, -0.1) is 0 Å². The molecular formula is C25H22Cl2N4O. The number of nitrogens with one attached hydrogen (secondary N) is 1. The van der Waals surface area contributed by atoms with Crippen LogP contribution in [0.2, 0.25) is 10.0 Å². The van der Waals surface area contributed by atoms with Gasteiger partial charge in [-0.05, 0) is 49.2 Å². The minimum atomic E-state index is -0.146. The van der Waals surface area contributed by atoms with Crippen LogP contribution in [0.15, 0.2) is 66.9 Å². The van der Waals surface area contributed by atoms with E-state index in [2.05, 4.69) is 5.43 Å². The van der Waals surface area contributed by atoms with Crippen LogP contribution >= 0.6 is 23.2 Å². The minimum Gasteiger partial charge on any atom is -0.298 e. The third-order valence-corrected chi connectivity index (χ3v) is 6.25. The van der Waals surface area contributed by atoms with Crippen molar-refractivity contribution in [3.05, 3.63) is 82.5 Å². The molecule has 3 heterocycles. The Bertz CT molecular complexity index is 1260. The van der Waals surface area contributed by atoms with E-state index in [1.807, 2.05) is 76.3 Å². The molecule has 2 aromatic heterocycles. The van der Waals surface area contributed by atoms with Crippen molar-refractivity contribution in [1.82, 2.24) is 19.8 Å². The van der Waals surface area contributed by atoms with Gasteiger partial charge in [0.15, 0.2) is 5.65 Å². The van der Waals surface area contributed by atoms with Crippen LogP contribution in [-0.2, 0) is 0 Å². The third kappa shape index (κ3) is 4.11. The number of fused-ring (bicyclic) bond motifs is 1. The molecule has 0 saturated carbocycles. The van der Waals surface area contributed by atoms with Gasteiger partial charge in [0.2, 0.25) is 0 Å². The van der Waals surface area contributed by atoms with E-state index in [4.69, 9.17) is 28.2 Å². The van der Waals surface area contributed by atoms with Gasteiger partial charge in [0, 0.05) is 40.5 Å². The van der Waals surface area contributed by atoms with Crippen molar-refractivity contribution in [3.63, 3.8) is 0 Å². The van der Waals surface area contributed by atoms with Crippen molar-refractivity contribution < 1.29 is 4.79 Å². The number of hydrazine groups is 1. The molecule has 5 nitrogen and oxygen atoms in total. The van der Waals surface area contributed by atoms with E-state index >= 15 is 0 Å². The van der Waals surface area contributed by atoms with Crippen LogP contribution in [-0.4, -0.2) is 33.4 Å². The standard InChI is InChI=1S/C25H22Cl2N4O/c26-19-10-6-17(7-11-19)22-23(18-8-12-20(27)13-9-18)31-16-4-5-21(24(31)28-22)25(32)29-30-14-2-1-3-15-30/h4-13,16H,1-3,14-15H2,(H,29,32). The van der Waals surface area contributed by atoms with Crippen molar-refractivity contribution in [2.45, 2.75) is 19.3 Å². The van der Waals surface area contributed by atoms with Crippen molar-refractivity contribution in [1.29, 1.82) is 0 Å². The summed E-state index contributed by atoms with van der Waals surface area (Å²) in [6.45, 7) is 1.74. The fourth-order valence-corrected chi connectivity index (χ4v) is 4.40. The molecule has 0 spiro atoms. The highest BCUT2D eigenvalue weighted by Gasteiger charge is 2.22. The van der Waals surface area contributed by atoms with Crippen LogP contribution in [0.5, 0.6) is 0 Å². The number of hydrogen-bond donors (Lipinski definition) is 1. The number of amides is 1. The molecule has 5 rings (SSSR count). The number of benzene rings is 2. The highest BCUT2D eigenvalue weighted by molar-refractivity contribution is 6.31. The highest BCUT2D eigenvalue weighted by Crippen LogP contribution is 2.34. The van der Waals surface area contributed by atoms with Crippen LogP contribution in [0.25, 0.3) is 28.2 Å². The molecule has 0 bridgehead atoms. The maximum absolute atomic E-state index is 13.2. The highest BCUT2D eigenvalue weighted by atomic mass is 35.5. The smallest absolute Gasteiger partial charge is 0.269 e. The van der Waals surface area contributed by atoms with Gasteiger partial charge in [-0.25, -0.2) is 9.99 Å². The fourth-order valence-electron chi connectivity index (χ4n) is 4.15. The zero-order chi connectivity index (χ0) is 22.1. The average Bonchev–Trinajstić information content (AvgIpc) is 3.20. The second kappa shape index (κ2) is 8.94. The molecule has 1 aliphatic rings. The number of hydrogen-bond acceptors (Lipinski definition) is 3. The summed E-state index contributed by atoms with van der Waals surface area (Å²) in [6.07, 6.45) is 5.32. The number of aromatic nitrogens is 2. The first kappa shape index (κ1) is 21.0. The number of rotatable bonds is 4. The number of carbonyl (C=O) groups is 1. The molecule has 2 aromatic carbocycles. The van der Waals surface area contributed by atoms with Crippen LogP contribution in [0, 0.1) is 0 Å². The molecule has 1 saturated heterocycles. The van der Waals surface area contributed by atoms with Gasteiger partial charge in [0.1, 0.15) is 0 Å². The number of pyridine rings is 1. The van der Waals surface area contributed by atoms with Crippen molar-refractivity contribution in [2.75, 3.05) is 13.1 Å². The first-order chi connectivity index (χ1) is 15.6. The minimum absolute atomic E-state index is 0.146. The van der Waals surface area contributed by atoms with Gasteiger partial charge in [-0.3, -0.25) is 14.6 Å². The first-order valence-electron chi connectivity index (χ1n) is 10.7. The molecule has 32 heavy (non-hydrogen) atoms. The van der Waals surface area contributed by atoms with Crippen molar-refractivity contribution in [2.24, 2.45) is 0 Å². The van der Waals surface area contributed by atoms with E-state index in [1.54, 1.807) is 0 Å². The Morgan fingerprint density at radius 1 is 0.844 bits per heavy atom. The van der Waals surface area contributed by atoms with E-state index in [-0.39, 0.29) is 5.91 Å². The van der Waals surface area contributed by atoms with Crippen LogP contribution in [0.3, 0.4) is 0 Å². The Labute approximate surface area is 196 Å². The molecule has 0 atom stereocenters. The maximum Gasteiger partial charge on any atom is 0.269 e. The third-order valence-electron chi connectivity index (χ3n) is 5.75. The lowest BCUT2D eigenvalue weighted by molar-refractivity contribution is 0.0751. The number of halogens is 2. The Balaban J connectivity index is 1.65. The van der Waals surface area contributed by atoms with Crippen LogP contribution in [0.4, 0.5) is 0 Å². The second-order valence-corrected chi connectivity index (χ2v) is 8.80. The molecule has 1 aliphatic heterocycles. The summed E-state index contributed by atoms with van der Waals surface area (Å²) in [4.78, 5) is 18.1. The van der Waals surface area contributed by atoms with E-state index in [1.165, 1.54) is 6.42 Å².